The number of hydrogen-bond donors (Lipinski definition) is 6. The minimum Gasteiger partial charge on any atom is -0.508 e. The first kappa shape index (κ1) is 33.6. The zero-order chi connectivity index (χ0) is 35.9. The molecule has 6 N–H and O–H groups in total. The molecule has 0 aliphatic heterocycles. The molecular formula is C42H34N4O6. The molecule has 52 heavy (non-hydrogen) atoms. The van der Waals surface area contributed by atoms with E-state index in [9.17, 15) is 19.8 Å². The van der Waals surface area contributed by atoms with E-state index in [4.69, 9.17) is 9.68 Å². The second-order valence-electron chi connectivity index (χ2n) is 12.1. The van der Waals surface area contributed by atoms with Crippen LogP contribution in [-0.2, 0) is 22.9 Å². The molecule has 10 heteroatoms. The fourth-order valence-electron chi connectivity index (χ4n) is 5.65. The van der Waals surface area contributed by atoms with Crippen LogP contribution in [0.4, 0.5) is 22.7 Å². The van der Waals surface area contributed by atoms with Crippen molar-refractivity contribution in [2.75, 3.05) is 21.6 Å². The van der Waals surface area contributed by atoms with E-state index < -0.39 is 5.91 Å². The number of phenols is 2. The predicted octanol–water partition coefficient (Wildman–Crippen LogP) is 9.00. The van der Waals surface area contributed by atoms with Crippen LogP contribution in [0.5, 0.6) is 11.5 Å². The van der Waals surface area contributed by atoms with Gasteiger partial charge in [0, 0.05) is 22.5 Å². The summed E-state index contributed by atoms with van der Waals surface area (Å²) in [5, 5.41) is 30.0. The van der Waals surface area contributed by atoms with Gasteiger partial charge in [-0.2, -0.15) is 0 Å². The van der Waals surface area contributed by atoms with Crippen LogP contribution in [0.25, 0.3) is 21.5 Å². The number of nitrogens with one attached hydrogen (secondary N) is 4. The first-order chi connectivity index (χ1) is 25.4. The first-order valence-electron chi connectivity index (χ1n) is 16.5. The summed E-state index contributed by atoms with van der Waals surface area (Å²) in [6.07, 6.45) is 0. The molecule has 0 saturated carbocycles. The van der Waals surface area contributed by atoms with E-state index in [0.29, 0.717) is 45.6 Å². The Hall–Kier alpha value is -6.88. The number of fused-ring (bicyclic) bond motifs is 2. The van der Waals surface area contributed by atoms with Crippen LogP contribution in [0.15, 0.2) is 146 Å². The number of amides is 2. The normalized spacial score (nSPS) is 10.9. The summed E-state index contributed by atoms with van der Waals surface area (Å²) in [5.74, 6) is -0.860. The molecule has 258 valence electrons. The molecule has 7 aromatic carbocycles. The molecule has 0 heterocycles. The van der Waals surface area contributed by atoms with Gasteiger partial charge in [-0.1, -0.05) is 54.6 Å². The number of rotatable bonds is 12. The number of para-hydroxylation sites is 2. The maximum Gasteiger partial charge on any atom is 0.259 e. The second-order valence-corrected chi connectivity index (χ2v) is 12.1. The van der Waals surface area contributed by atoms with Crippen LogP contribution < -0.4 is 21.6 Å². The van der Waals surface area contributed by atoms with E-state index in [1.54, 1.807) is 66.7 Å². The van der Waals surface area contributed by atoms with Gasteiger partial charge in [0.25, 0.3) is 11.8 Å². The number of benzene rings is 7. The van der Waals surface area contributed by atoms with E-state index in [1.807, 2.05) is 72.8 Å². The average Bonchev–Trinajstić information content (AvgIpc) is 3.16. The Balaban J connectivity index is 0.944. The smallest absolute Gasteiger partial charge is 0.259 e. The number of hydrogen-bond acceptors (Lipinski definition) is 8. The third kappa shape index (κ3) is 8.11. The number of aromatic hydroxyl groups is 2. The average molecular weight is 691 g/mol. The van der Waals surface area contributed by atoms with Crippen molar-refractivity contribution >= 4 is 56.1 Å². The lowest BCUT2D eigenvalue weighted by Gasteiger charge is -2.12. The summed E-state index contributed by atoms with van der Waals surface area (Å²) in [6.45, 7) is 0.447. The van der Waals surface area contributed by atoms with Gasteiger partial charge in [0.05, 0.1) is 23.5 Å². The molecule has 10 nitrogen and oxygen atoms in total. The van der Waals surface area contributed by atoms with E-state index in [2.05, 4.69) is 21.6 Å². The highest BCUT2D eigenvalue weighted by Gasteiger charge is 2.15. The number of anilines is 4. The van der Waals surface area contributed by atoms with Crippen molar-refractivity contribution in [3.63, 3.8) is 0 Å². The first-order valence-corrected chi connectivity index (χ1v) is 16.5. The Morgan fingerprint density at radius 2 is 1.04 bits per heavy atom. The Bertz CT molecular complexity index is 2370. The fraction of sp³-hybridized carbons (Fsp3) is 0.0476. The van der Waals surface area contributed by atoms with Crippen molar-refractivity contribution < 1.29 is 29.5 Å². The van der Waals surface area contributed by atoms with Gasteiger partial charge in [0.2, 0.25) is 0 Å². The topological polar surface area (TPSA) is 141 Å². The Morgan fingerprint density at radius 1 is 0.481 bits per heavy atom. The van der Waals surface area contributed by atoms with Gasteiger partial charge in [-0.05, 0) is 118 Å². The largest absolute Gasteiger partial charge is 0.508 e. The summed E-state index contributed by atoms with van der Waals surface area (Å²) in [5.41, 5.74) is 10.5. The summed E-state index contributed by atoms with van der Waals surface area (Å²) in [6, 6.07) is 43.2. The van der Waals surface area contributed by atoms with Crippen LogP contribution in [0, 0.1) is 0 Å². The molecule has 0 saturated heterocycles. The number of carbonyl (C=O) groups is 2. The lowest BCUT2D eigenvalue weighted by Crippen LogP contribution is -2.13. The van der Waals surface area contributed by atoms with Crippen LogP contribution in [0.2, 0.25) is 0 Å². The lowest BCUT2D eigenvalue weighted by molar-refractivity contribution is 0.101. The predicted molar refractivity (Wildman–Crippen MR) is 203 cm³/mol. The van der Waals surface area contributed by atoms with E-state index in [1.165, 1.54) is 6.07 Å². The molecule has 0 aliphatic carbocycles. The summed E-state index contributed by atoms with van der Waals surface area (Å²) in [4.78, 5) is 37.3. The van der Waals surface area contributed by atoms with Gasteiger partial charge in [-0.3, -0.25) is 30.2 Å². The Morgan fingerprint density at radius 3 is 1.77 bits per heavy atom. The van der Waals surface area contributed by atoms with Gasteiger partial charge in [0.1, 0.15) is 18.1 Å². The van der Waals surface area contributed by atoms with Crippen LogP contribution in [0.1, 0.15) is 31.8 Å². The maximum absolute atomic E-state index is 13.2. The van der Waals surface area contributed by atoms with E-state index >= 15 is 0 Å². The zero-order valence-electron chi connectivity index (χ0n) is 27.8. The molecule has 0 bridgehead atoms. The van der Waals surface area contributed by atoms with Crippen LogP contribution >= 0.6 is 0 Å². The molecule has 0 radical (unpaired) electrons. The van der Waals surface area contributed by atoms with Crippen molar-refractivity contribution in [2.45, 2.75) is 13.2 Å². The highest BCUT2D eigenvalue weighted by Crippen LogP contribution is 2.29. The van der Waals surface area contributed by atoms with Crippen molar-refractivity contribution in [3.8, 4) is 11.5 Å². The van der Waals surface area contributed by atoms with Gasteiger partial charge >= 0.3 is 0 Å². The van der Waals surface area contributed by atoms with E-state index in [0.717, 1.165) is 22.0 Å². The van der Waals surface area contributed by atoms with Gasteiger partial charge < -0.3 is 20.8 Å². The minimum absolute atomic E-state index is 0.0670. The zero-order valence-corrected chi connectivity index (χ0v) is 27.8. The molecule has 0 aliphatic rings. The van der Waals surface area contributed by atoms with Crippen molar-refractivity contribution in [3.05, 3.63) is 168 Å². The van der Waals surface area contributed by atoms with Crippen LogP contribution in [-0.4, -0.2) is 22.0 Å². The molecule has 0 unspecified atom stereocenters. The maximum atomic E-state index is 13.2. The third-order valence-corrected chi connectivity index (χ3v) is 8.36. The van der Waals surface area contributed by atoms with Crippen molar-refractivity contribution in [1.29, 1.82) is 0 Å². The number of carbonyl (C=O) groups excluding carboxylic acids is 2. The van der Waals surface area contributed by atoms with Gasteiger partial charge in [0.15, 0.2) is 0 Å². The Kier molecular flexibility index (Phi) is 9.92. The van der Waals surface area contributed by atoms with Crippen molar-refractivity contribution in [2.24, 2.45) is 0 Å². The molecule has 0 atom stereocenters. The minimum atomic E-state index is -0.510. The molecule has 7 rings (SSSR count). The standard InChI is InChI=1S/C42H34N4O6/c47-39-23-28-12-11-27(25-51-45-36-9-5-2-6-10-36)19-31(28)21-33(39)26-52-46-37-17-15-35(16-18-37)44-42(50)38-22-32-20-30(14-13-29(32)24-40(38)48)41(49)43-34-7-3-1-4-8-34/h1-24,45-48H,25-26H2,(H,43,49)(H,44,50). The number of phenolic OH excluding ortho intramolecular Hbond substituents is 2. The molecule has 0 spiro atoms. The van der Waals surface area contributed by atoms with Gasteiger partial charge in [-0.25, -0.2) is 0 Å². The molecule has 0 aromatic heterocycles. The summed E-state index contributed by atoms with van der Waals surface area (Å²) in [7, 11) is 0. The molecule has 0 fully saturated rings. The Labute approximate surface area is 299 Å². The monoisotopic (exact) mass is 690 g/mol. The third-order valence-electron chi connectivity index (χ3n) is 8.36. The highest BCUT2D eigenvalue weighted by atomic mass is 16.6. The fourth-order valence-corrected chi connectivity index (χ4v) is 5.65. The van der Waals surface area contributed by atoms with Crippen LogP contribution in [0.3, 0.4) is 0 Å². The van der Waals surface area contributed by atoms with E-state index in [-0.39, 0.29) is 29.6 Å². The SMILES string of the molecule is O=C(Nc1ccccc1)c1ccc2cc(O)c(C(=O)Nc3ccc(NOCc4cc5cc(CONc6ccccc6)ccc5cc4O)cc3)cc2c1. The molecular weight excluding hydrogens is 656 g/mol. The van der Waals surface area contributed by atoms with Gasteiger partial charge in [-0.15, -0.1) is 0 Å². The van der Waals surface area contributed by atoms with Crippen molar-refractivity contribution in [1.82, 2.24) is 0 Å². The summed E-state index contributed by atoms with van der Waals surface area (Å²) >= 11 is 0. The highest BCUT2D eigenvalue weighted by molar-refractivity contribution is 6.10. The molecule has 2 amide bonds. The summed E-state index contributed by atoms with van der Waals surface area (Å²) < 4.78 is 0. The lowest BCUT2D eigenvalue weighted by atomic mass is 10.0. The quantitative estimate of drug-likeness (QED) is 0.0698. The molecule has 7 aromatic rings. The second kappa shape index (κ2) is 15.3.